The van der Waals surface area contributed by atoms with E-state index in [1.165, 1.54) is 33.0 Å². The normalized spacial score (nSPS) is 13.5. The first kappa shape index (κ1) is 21.8. The van der Waals surface area contributed by atoms with Gasteiger partial charge in [-0.2, -0.15) is 0 Å². The Balaban J connectivity index is 1.98. The van der Waals surface area contributed by atoms with Crippen LogP contribution in [0.15, 0.2) is 88.8 Å². The van der Waals surface area contributed by atoms with Crippen LogP contribution < -0.4 is 4.90 Å². The van der Waals surface area contributed by atoms with Crippen LogP contribution in [0.5, 0.6) is 0 Å². The highest BCUT2D eigenvalue weighted by molar-refractivity contribution is 8.03. The SMILES string of the molecule is CN1c2ccccc2C(=C(O[Si](C)(C)C(C)(C)C)Sc2ccccc2)c2ccccc21. The quantitative estimate of drug-likeness (QED) is 0.228. The summed E-state index contributed by atoms with van der Waals surface area (Å²) < 4.78 is 7.06. The maximum Gasteiger partial charge on any atom is 0.251 e. The third-order valence-electron chi connectivity index (χ3n) is 6.38. The molecule has 0 aliphatic carbocycles. The second-order valence-corrected chi connectivity index (χ2v) is 15.3. The molecule has 0 N–H and O–H groups in total. The maximum atomic E-state index is 7.06. The third-order valence-corrected chi connectivity index (χ3v) is 11.8. The van der Waals surface area contributed by atoms with Gasteiger partial charge in [0.15, 0.2) is 5.09 Å². The van der Waals surface area contributed by atoms with Gasteiger partial charge in [-0.05, 0) is 42.4 Å². The molecule has 0 radical (unpaired) electrons. The predicted octanol–water partition coefficient (Wildman–Crippen LogP) is 8.30. The molecule has 0 amide bonds. The topological polar surface area (TPSA) is 12.5 Å². The van der Waals surface area contributed by atoms with E-state index in [0.717, 1.165) is 5.09 Å². The van der Waals surface area contributed by atoms with Gasteiger partial charge in [-0.25, -0.2) is 0 Å². The van der Waals surface area contributed by atoms with Crippen LogP contribution in [0.1, 0.15) is 31.9 Å². The maximum absolute atomic E-state index is 7.06. The van der Waals surface area contributed by atoms with E-state index in [2.05, 4.69) is 125 Å². The summed E-state index contributed by atoms with van der Waals surface area (Å²) >= 11 is 1.74. The summed E-state index contributed by atoms with van der Waals surface area (Å²) in [6.07, 6.45) is 0. The fourth-order valence-electron chi connectivity index (χ4n) is 3.55. The molecule has 0 unspecified atom stereocenters. The van der Waals surface area contributed by atoms with Crippen LogP contribution in [0.4, 0.5) is 11.4 Å². The molecule has 0 spiro atoms. The summed E-state index contributed by atoms with van der Waals surface area (Å²) in [6, 6.07) is 27.9. The largest absolute Gasteiger partial charge is 0.538 e. The average Bonchev–Trinajstić information content (AvgIpc) is 2.74. The fourth-order valence-corrected chi connectivity index (χ4v) is 6.05. The van der Waals surface area contributed by atoms with Crippen LogP contribution in [-0.4, -0.2) is 15.4 Å². The van der Waals surface area contributed by atoms with Crippen molar-refractivity contribution in [2.75, 3.05) is 11.9 Å². The smallest absolute Gasteiger partial charge is 0.251 e. The molecular formula is C27H31NOSSi. The molecule has 0 saturated heterocycles. The molecular weight excluding hydrogens is 414 g/mol. The van der Waals surface area contributed by atoms with Crippen LogP contribution in [0.2, 0.25) is 18.1 Å². The minimum Gasteiger partial charge on any atom is -0.538 e. The number of thioether (sulfide) groups is 1. The highest BCUT2D eigenvalue weighted by atomic mass is 32.2. The lowest BCUT2D eigenvalue weighted by molar-refractivity contribution is 0.419. The lowest BCUT2D eigenvalue weighted by Gasteiger charge is -2.39. The number of para-hydroxylation sites is 2. The van der Waals surface area contributed by atoms with Crippen LogP contribution in [0.25, 0.3) is 5.57 Å². The summed E-state index contributed by atoms with van der Waals surface area (Å²) in [5, 5.41) is 1.12. The number of benzene rings is 3. The van der Waals surface area contributed by atoms with E-state index >= 15 is 0 Å². The number of fused-ring (bicyclic) bond motifs is 2. The van der Waals surface area contributed by atoms with Crippen molar-refractivity contribution >= 4 is 37.0 Å². The van der Waals surface area contributed by atoms with Crippen LogP contribution >= 0.6 is 11.8 Å². The third kappa shape index (κ3) is 4.19. The Kier molecular flexibility index (Phi) is 5.80. The monoisotopic (exact) mass is 445 g/mol. The van der Waals surface area contributed by atoms with E-state index in [0.29, 0.717) is 0 Å². The van der Waals surface area contributed by atoms with E-state index in [1.54, 1.807) is 11.8 Å². The highest BCUT2D eigenvalue weighted by Crippen LogP contribution is 2.50. The van der Waals surface area contributed by atoms with Crippen molar-refractivity contribution in [1.82, 2.24) is 0 Å². The van der Waals surface area contributed by atoms with E-state index in [9.17, 15) is 0 Å². The molecule has 0 fully saturated rings. The first-order valence-electron chi connectivity index (χ1n) is 10.8. The molecule has 4 heteroatoms. The molecule has 31 heavy (non-hydrogen) atoms. The number of hydrogen-bond donors (Lipinski definition) is 0. The lowest BCUT2D eigenvalue weighted by Crippen LogP contribution is -2.40. The zero-order valence-corrected chi connectivity index (χ0v) is 21.1. The summed E-state index contributed by atoms with van der Waals surface area (Å²) in [5.74, 6) is 0. The van der Waals surface area contributed by atoms with Gasteiger partial charge in [0, 0.05) is 40.0 Å². The fraction of sp³-hybridized carbons (Fsp3) is 0.259. The van der Waals surface area contributed by atoms with Gasteiger partial charge in [-0.1, -0.05) is 87.1 Å². The Morgan fingerprint density at radius 2 is 1.26 bits per heavy atom. The van der Waals surface area contributed by atoms with Gasteiger partial charge in [0.05, 0.1) is 0 Å². The molecule has 0 bridgehead atoms. The molecule has 1 aliphatic rings. The van der Waals surface area contributed by atoms with Gasteiger partial charge in [0.2, 0.25) is 0 Å². The van der Waals surface area contributed by atoms with E-state index < -0.39 is 8.32 Å². The second-order valence-electron chi connectivity index (χ2n) is 9.53. The second kappa shape index (κ2) is 8.25. The van der Waals surface area contributed by atoms with E-state index in [-0.39, 0.29) is 5.04 Å². The molecule has 0 saturated carbocycles. The molecule has 160 valence electrons. The summed E-state index contributed by atoms with van der Waals surface area (Å²) in [5.41, 5.74) is 6.06. The Bertz CT molecular complexity index is 1070. The van der Waals surface area contributed by atoms with Crippen molar-refractivity contribution in [3.63, 3.8) is 0 Å². The van der Waals surface area contributed by atoms with E-state index in [1.807, 2.05) is 0 Å². The van der Waals surface area contributed by atoms with Gasteiger partial charge < -0.3 is 9.33 Å². The molecule has 4 rings (SSSR count). The molecule has 3 aromatic rings. The first-order chi connectivity index (χ1) is 14.7. The Hall–Kier alpha value is -2.43. The highest BCUT2D eigenvalue weighted by Gasteiger charge is 2.41. The van der Waals surface area contributed by atoms with Crippen LogP contribution in [0, 0.1) is 0 Å². The minimum absolute atomic E-state index is 0.112. The first-order valence-corrected chi connectivity index (χ1v) is 14.5. The standard InChI is InChI=1S/C27H31NOSSi/c1-27(2,3)31(5,6)29-26(30-20-14-8-7-9-15-20)25-21-16-10-12-18-23(21)28(4)24-19-13-11-17-22(24)25/h7-19H,1-6H3. The number of hydrogen-bond acceptors (Lipinski definition) is 3. The average molecular weight is 446 g/mol. The zero-order valence-electron chi connectivity index (χ0n) is 19.3. The van der Waals surface area contributed by atoms with Gasteiger partial charge in [-0.3, -0.25) is 0 Å². The van der Waals surface area contributed by atoms with Crippen LogP contribution in [0.3, 0.4) is 0 Å². The molecule has 2 nitrogen and oxygen atoms in total. The molecule has 0 atom stereocenters. The van der Waals surface area contributed by atoms with E-state index in [4.69, 9.17) is 4.43 Å². The molecule has 1 heterocycles. The summed E-state index contributed by atoms with van der Waals surface area (Å²) in [4.78, 5) is 3.48. The van der Waals surface area contributed by atoms with Crippen LogP contribution in [-0.2, 0) is 4.43 Å². The van der Waals surface area contributed by atoms with Crippen molar-refractivity contribution in [3.05, 3.63) is 95.1 Å². The van der Waals surface area contributed by atoms with Crippen molar-refractivity contribution < 1.29 is 4.43 Å². The molecule has 0 aromatic heterocycles. The van der Waals surface area contributed by atoms with Gasteiger partial charge in [0.1, 0.15) is 0 Å². The Morgan fingerprint density at radius 1 is 0.774 bits per heavy atom. The van der Waals surface area contributed by atoms with Crippen molar-refractivity contribution in [2.24, 2.45) is 0 Å². The number of nitrogens with zero attached hydrogens (tertiary/aromatic N) is 1. The van der Waals surface area contributed by atoms with Gasteiger partial charge in [0.25, 0.3) is 8.32 Å². The lowest BCUT2D eigenvalue weighted by atomic mass is 9.91. The van der Waals surface area contributed by atoms with Gasteiger partial charge in [-0.15, -0.1) is 0 Å². The minimum atomic E-state index is -2.06. The summed E-state index contributed by atoms with van der Waals surface area (Å²) in [7, 11) is 0.0884. The van der Waals surface area contributed by atoms with Crippen molar-refractivity contribution in [2.45, 2.75) is 43.8 Å². The Morgan fingerprint density at radius 3 is 1.77 bits per heavy atom. The predicted molar refractivity (Wildman–Crippen MR) is 138 cm³/mol. The number of rotatable bonds is 4. The molecule has 3 aromatic carbocycles. The van der Waals surface area contributed by atoms with Gasteiger partial charge >= 0.3 is 0 Å². The van der Waals surface area contributed by atoms with Crippen molar-refractivity contribution in [3.8, 4) is 0 Å². The molecule has 1 aliphatic heterocycles. The number of anilines is 2. The summed E-state index contributed by atoms with van der Waals surface area (Å²) in [6.45, 7) is 11.5. The zero-order chi connectivity index (χ0) is 22.2. The Labute approximate surface area is 192 Å². The van der Waals surface area contributed by atoms with Crippen molar-refractivity contribution in [1.29, 1.82) is 0 Å².